The van der Waals surface area contributed by atoms with Crippen LogP contribution < -0.4 is 5.73 Å². The molecule has 5 heavy (non-hydrogen) atoms. The molecule has 0 aromatic carbocycles. The van der Waals surface area contributed by atoms with Gasteiger partial charge in [0.2, 0.25) is 0 Å². The second-order valence-electron chi connectivity index (χ2n) is 0.741. The zero-order chi connectivity index (χ0) is 3.58. The van der Waals surface area contributed by atoms with Crippen molar-refractivity contribution in [3.05, 3.63) is 0 Å². The number of aliphatic hydroxyl groups is 1. The molecule has 0 aliphatic rings. The van der Waals surface area contributed by atoms with Crippen LogP contribution in [0.25, 0.3) is 0 Å². The fourth-order valence-electron chi connectivity index (χ4n) is 0. The summed E-state index contributed by atoms with van der Waals surface area (Å²) in [6.07, 6.45) is -0.667. The maximum atomic E-state index is 7.83. The van der Waals surface area contributed by atoms with Crippen LogP contribution in [-0.2, 0) is 22.4 Å². The monoisotopic (exact) mass is 168 g/mol. The zero-order valence-corrected chi connectivity index (χ0v) is 4.39. The molecule has 0 aliphatic carbocycles. The molecule has 2 nitrogen and oxygen atoms in total. The Morgan fingerprint density at radius 1 is 1.80 bits per heavy atom. The van der Waals surface area contributed by atoms with Crippen LogP contribution in [0.4, 0.5) is 0 Å². The smallest absolute Gasteiger partial charge is 0.0991 e. The van der Waals surface area contributed by atoms with Crippen molar-refractivity contribution in [1.82, 2.24) is 0 Å². The van der Waals surface area contributed by atoms with E-state index in [1.807, 2.05) is 0 Å². The molecule has 37 valence electrons. The van der Waals surface area contributed by atoms with Crippen molar-refractivity contribution in [2.75, 3.05) is 0 Å². The molecule has 0 rings (SSSR count). The Morgan fingerprint density at radius 2 is 1.80 bits per heavy atom. The molecule has 1 unspecified atom stereocenters. The summed E-state index contributed by atoms with van der Waals surface area (Å²) in [6, 6.07) is 0. The minimum absolute atomic E-state index is 0. The summed E-state index contributed by atoms with van der Waals surface area (Å²) >= 11 is 0. The first-order valence-corrected chi connectivity index (χ1v) is 1.17. The SMILES string of the molecule is CC(N)O.[Ag]. The molecule has 1 atom stereocenters. The van der Waals surface area contributed by atoms with Gasteiger partial charge in [0.25, 0.3) is 0 Å². The quantitative estimate of drug-likeness (QED) is 0.371. The average Bonchev–Trinajstić information content (AvgIpc) is 0.811. The third-order valence-electron chi connectivity index (χ3n) is 0. The van der Waals surface area contributed by atoms with E-state index < -0.39 is 6.23 Å². The van der Waals surface area contributed by atoms with Crippen molar-refractivity contribution < 1.29 is 27.5 Å². The van der Waals surface area contributed by atoms with E-state index in [4.69, 9.17) is 5.11 Å². The van der Waals surface area contributed by atoms with Crippen molar-refractivity contribution in [1.29, 1.82) is 0 Å². The van der Waals surface area contributed by atoms with Crippen molar-refractivity contribution >= 4 is 0 Å². The summed E-state index contributed by atoms with van der Waals surface area (Å²) in [6.45, 7) is 1.50. The van der Waals surface area contributed by atoms with Crippen LogP contribution in [0.3, 0.4) is 0 Å². The average molecular weight is 169 g/mol. The van der Waals surface area contributed by atoms with Crippen LogP contribution >= 0.6 is 0 Å². The van der Waals surface area contributed by atoms with Gasteiger partial charge in [-0.05, 0) is 6.92 Å². The summed E-state index contributed by atoms with van der Waals surface area (Å²) in [7, 11) is 0. The maximum absolute atomic E-state index is 7.83. The zero-order valence-electron chi connectivity index (χ0n) is 2.90. The second kappa shape index (κ2) is 4.66. The Bertz CT molecular complexity index is 14.4. The van der Waals surface area contributed by atoms with Crippen LogP contribution in [0.5, 0.6) is 0 Å². The second-order valence-corrected chi connectivity index (χ2v) is 0.741. The van der Waals surface area contributed by atoms with Gasteiger partial charge in [0, 0.05) is 22.4 Å². The largest absolute Gasteiger partial charge is 0.379 e. The van der Waals surface area contributed by atoms with Gasteiger partial charge in [0.05, 0.1) is 6.23 Å². The summed E-state index contributed by atoms with van der Waals surface area (Å²) in [5.74, 6) is 0. The van der Waals surface area contributed by atoms with E-state index in [9.17, 15) is 0 Å². The van der Waals surface area contributed by atoms with Gasteiger partial charge in [-0.1, -0.05) is 0 Å². The third-order valence-corrected chi connectivity index (χ3v) is 0. The third kappa shape index (κ3) is 75.7. The van der Waals surface area contributed by atoms with Gasteiger partial charge in [0.15, 0.2) is 0 Å². The molecular formula is C2H7AgNO. The summed E-state index contributed by atoms with van der Waals surface area (Å²) < 4.78 is 0. The molecule has 0 fully saturated rings. The van der Waals surface area contributed by atoms with E-state index in [2.05, 4.69) is 5.73 Å². The van der Waals surface area contributed by atoms with E-state index in [-0.39, 0.29) is 22.4 Å². The molecule has 0 saturated carbocycles. The maximum Gasteiger partial charge on any atom is 0.0991 e. The van der Waals surface area contributed by atoms with Gasteiger partial charge in [-0.15, -0.1) is 0 Å². The topological polar surface area (TPSA) is 46.2 Å². The number of hydrogen-bond acceptors (Lipinski definition) is 2. The van der Waals surface area contributed by atoms with Gasteiger partial charge < -0.3 is 10.8 Å². The molecule has 0 aliphatic heterocycles. The molecule has 0 aromatic rings. The van der Waals surface area contributed by atoms with Crippen molar-refractivity contribution in [2.24, 2.45) is 5.73 Å². The van der Waals surface area contributed by atoms with E-state index in [0.717, 1.165) is 0 Å². The molecule has 0 heterocycles. The summed E-state index contributed by atoms with van der Waals surface area (Å²) in [5.41, 5.74) is 4.67. The Morgan fingerprint density at radius 3 is 1.80 bits per heavy atom. The van der Waals surface area contributed by atoms with Gasteiger partial charge >= 0.3 is 0 Å². The number of aliphatic hydroxyl groups excluding tert-OH is 1. The fourth-order valence-corrected chi connectivity index (χ4v) is 0. The number of hydrogen-bond donors (Lipinski definition) is 2. The Hall–Kier alpha value is 0.660. The normalized spacial score (nSPS) is 12.6. The predicted molar refractivity (Wildman–Crippen MR) is 15.9 cm³/mol. The summed E-state index contributed by atoms with van der Waals surface area (Å²) in [5, 5.41) is 7.83. The van der Waals surface area contributed by atoms with E-state index in [1.54, 1.807) is 0 Å². The van der Waals surface area contributed by atoms with E-state index >= 15 is 0 Å². The molecule has 0 aromatic heterocycles. The molecule has 3 heteroatoms. The van der Waals surface area contributed by atoms with Crippen LogP contribution in [0.1, 0.15) is 6.92 Å². The van der Waals surface area contributed by atoms with Gasteiger partial charge in [-0.2, -0.15) is 0 Å². The van der Waals surface area contributed by atoms with Gasteiger partial charge in [-0.25, -0.2) is 0 Å². The molecule has 0 bridgehead atoms. The first-order chi connectivity index (χ1) is 1.73. The minimum atomic E-state index is -0.667. The standard InChI is InChI=1S/C2H7NO.Ag/c1-2(3)4;/h2,4H,3H2,1H3;. The van der Waals surface area contributed by atoms with Crippen LogP contribution in [-0.4, -0.2) is 11.3 Å². The predicted octanol–water partition coefficient (Wildman–Crippen LogP) is -0.719. The Kier molecular flexibility index (Phi) is 8.55. The van der Waals surface area contributed by atoms with E-state index in [0.29, 0.717) is 0 Å². The fraction of sp³-hybridized carbons (Fsp3) is 1.00. The van der Waals surface area contributed by atoms with Crippen LogP contribution in [0.2, 0.25) is 0 Å². The van der Waals surface area contributed by atoms with Crippen molar-refractivity contribution in [3.8, 4) is 0 Å². The van der Waals surface area contributed by atoms with E-state index in [1.165, 1.54) is 6.92 Å². The molecule has 0 spiro atoms. The Labute approximate surface area is 46.9 Å². The first-order valence-electron chi connectivity index (χ1n) is 1.17. The molecule has 0 amide bonds. The van der Waals surface area contributed by atoms with Crippen LogP contribution in [0.15, 0.2) is 0 Å². The van der Waals surface area contributed by atoms with Gasteiger partial charge in [0.1, 0.15) is 0 Å². The molecule has 3 N–H and O–H groups in total. The first kappa shape index (κ1) is 9.18. The van der Waals surface area contributed by atoms with Crippen LogP contribution in [0, 0.1) is 0 Å². The van der Waals surface area contributed by atoms with Crippen molar-refractivity contribution in [2.45, 2.75) is 13.2 Å². The molecular weight excluding hydrogens is 162 g/mol. The Balaban J connectivity index is 0. The molecule has 1 radical (unpaired) electrons. The molecule has 0 saturated heterocycles. The number of rotatable bonds is 0. The number of nitrogens with two attached hydrogens (primary N) is 1. The van der Waals surface area contributed by atoms with Gasteiger partial charge in [-0.3, -0.25) is 0 Å². The minimum Gasteiger partial charge on any atom is -0.379 e. The summed E-state index contributed by atoms with van der Waals surface area (Å²) in [4.78, 5) is 0. The van der Waals surface area contributed by atoms with Crippen molar-refractivity contribution in [3.63, 3.8) is 0 Å².